The van der Waals surface area contributed by atoms with Gasteiger partial charge in [-0.3, -0.25) is 0 Å². The highest BCUT2D eigenvalue weighted by Gasteiger charge is 2.18. The molecule has 3 nitrogen and oxygen atoms in total. The van der Waals surface area contributed by atoms with Crippen LogP contribution in [0.15, 0.2) is 346 Å². The van der Waals surface area contributed by atoms with E-state index >= 15 is 0 Å². The topological polar surface area (TPSA) is 9.72 Å². The minimum Gasteiger partial charge on any atom is -0.311 e. The van der Waals surface area contributed by atoms with Crippen molar-refractivity contribution in [3.63, 3.8) is 0 Å². The second kappa shape index (κ2) is 23.1. The molecule has 0 saturated carbocycles. The van der Waals surface area contributed by atoms with Crippen LogP contribution in [0.1, 0.15) is 0 Å². The molecular weight excluding hydrogens is 979 g/mol. The summed E-state index contributed by atoms with van der Waals surface area (Å²) in [4.78, 5) is 7.04. The van der Waals surface area contributed by atoms with Crippen molar-refractivity contribution in [2.45, 2.75) is 0 Å². The van der Waals surface area contributed by atoms with Crippen LogP contribution in [0.4, 0.5) is 51.2 Å². The summed E-state index contributed by atoms with van der Waals surface area (Å²) in [6, 6.07) is 124. The van der Waals surface area contributed by atoms with Crippen LogP contribution in [0.25, 0.3) is 66.8 Å². The van der Waals surface area contributed by atoms with Crippen LogP contribution in [-0.4, -0.2) is 0 Å². The number of anilines is 9. The molecule has 0 aliphatic carbocycles. The number of para-hydroxylation sites is 1. The average molecular weight is 1040 g/mol. The van der Waals surface area contributed by atoms with Crippen molar-refractivity contribution in [2.75, 3.05) is 14.7 Å². The van der Waals surface area contributed by atoms with Gasteiger partial charge in [-0.05, 0) is 176 Å². The predicted molar refractivity (Wildman–Crippen MR) is 343 cm³/mol. The lowest BCUT2D eigenvalue weighted by atomic mass is 10.0. The van der Waals surface area contributed by atoms with Gasteiger partial charge in [-0.25, -0.2) is 0 Å². The SMILES string of the molecule is c1ccc(-c2ccc(N(c3ccc(-c4ccccc4)cc3)c3cccc(-c4ccc(N(c5ccccc5)c5ccc(-c6cccc(N(c7ccc(-c8ccccc8)cc7)c7ccc(-c8ccccc8)cc7)c6)cc5)cc4)c3)cc2)cc1. The summed E-state index contributed by atoms with van der Waals surface area (Å²) in [6.07, 6.45) is 0. The zero-order chi connectivity index (χ0) is 54.2. The molecule has 0 N–H and O–H groups in total. The third-order valence-electron chi connectivity index (χ3n) is 15.1. The molecule has 0 unspecified atom stereocenters. The second-order valence-corrected chi connectivity index (χ2v) is 20.2. The number of hydrogen-bond acceptors (Lipinski definition) is 3. The van der Waals surface area contributed by atoms with Crippen molar-refractivity contribution in [1.82, 2.24) is 0 Å². The second-order valence-electron chi connectivity index (χ2n) is 20.2. The smallest absolute Gasteiger partial charge is 0.0467 e. The Morgan fingerprint density at radius 2 is 0.272 bits per heavy atom. The van der Waals surface area contributed by atoms with E-state index < -0.39 is 0 Å². The van der Waals surface area contributed by atoms with Crippen molar-refractivity contribution in [2.24, 2.45) is 0 Å². The Bertz CT molecular complexity index is 3710. The van der Waals surface area contributed by atoms with Gasteiger partial charge in [0.15, 0.2) is 0 Å². The first kappa shape index (κ1) is 49.8. The zero-order valence-electron chi connectivity index (χ0n) is 44.8. The van der Waals surface area contributed by atoms with Crippen molar-refractivity contribution >= 4 is 51.2 Å². The third kappa shape index (κ3) is 10.9. The van der Waals surface area contributed by atoms with Gasteiger partial charge in [-0.1, -0.05) is 237 Å². The summed E-state index contributed by atoms with van der Waals surface area (Å²) in [6.45, 7) is 0. The standard InChI is InChI=1S/C78H57N3/c1-6-18-58(19-7-1)62-32-44-73(45-33-62)80(74-46-34-63(35-47-74)59-20-8-2-9-21-59)77-30-16-26-68(56-77)66-40-52-71(53-41-66)79(70-28-14-5-15-29-70)72-54-42-67(43-55-72)69-27-17-31-78(57-69)81(75-48-36-64(37-49-75)60-22-10-3-11-23-60)76-50-38-65(39-51-76)61-24-12-4-13-25-61/h1-57H. The molecule has 0 amide bonds. The molecular formula is C78H57N3. The van der Waals surface area contributed by atoms with E-state index in [0.717, 1.165) is 73.4 Å². The monoisotopic (exact) mass is 1040 g/mol. The Labute approximate surface area is 475 Å². The lowest BCUT2D eigenvalue weighted by Gasteiger charge is -2.27. The Hall–Kier alpha value is -10.7. The number of nitrogens with zero attached hydrogens (tertiary/aromatic N) is 3. The minimum atomic E-state index is 1.07. The van der Waals surface area contributed by atoms with Gasteiger partial charge in [0, 0.05) is 51.2 Å². The molecule has 13 aromatic rings. The molecule has 81 heavy (non-hydrogen) atoms. The highest BCUT2D eigenvalue weighted by molar-refractivity contribution is 5.86. The van der Waals surface area contributed by atoms with E-state index in [-0.39, 0.29) is 0 Å². The molecule has 384 valence electrons. The van der Waals surface area contributed by atoms with E-state index in [1.807, 2.05) is 0 Å². The highest BCUT2D eigenvalue weighted by Crippen LogP contribution is 2.42. The van der Waals surface area contributed by atoms with Crippen LogP contribution < -0.4 is 14.7 Å². The summed E-state index contributed by atoms with van der Waals surface area (Å²) in [5.41, 5.74) is 23.8. The van der Waals surface area contributed by atoms with E-state index in [1.165, 1.54) is 44.5 Å². The Balaban J connectivity index is 0.798. The molecule has 0 atom stereocenters. The number of rotatable bonds is 15. The minimum absolute atomic E-state index is 1.07. The van der Waals surface area contributed by atoms with Gasteiger partial charge in [-0.2, -0.15) is 0 Å². The molecule has 0 fully saturated rings. The fourth-order valence-electron chi connectivity index (χ4n) is 10.9. The molecule has 0 aliphatic heterocycles. The number of benzene rings is 13. The fraction of sp³-hybridized carbons (Fsp3) is 0. The van der Waals surface area contributed by atoms with Crippen LogP contribution >= 0.6 is 0 Å². The summed E-state index contributed by atoms with van der Waals surface area (Å²) in [5.74, 6) is 0. The van der Waals surface area contributed by atoms with Crippen LogP contribution in [0.5, 0.6) is 0 Å². The number of hydrogen-bond donors (Lipinski definition) is 0. The van der Waals surface area contributed by atoms with E-state index in [9.17, 15) is 0 Å². The third-order valence-corrected chi connectivity index (χ3v) is 15.1. The quantitative estimate of drug-likeness (QED) is 0.101. The average Bonchev–Trinajstić information content (AvgIpc) is 3.58. The fourth-order valence-corrected chi connectivity index (χ4v) is 10.9. The highest BCUT2D eigenvalue weighted by atomic mass is 15.2. The molecule has 3 heteroatoms. The maximum atomic E-state index is 2.35. The molecule has 0 heterocycles. The molecule has 0 radical (unpaired) electrons. The molecule has 13 rings (SSSR count). The Kier molecular flexibility index (Phi) is 14.2. The van der Waals surface area contributed by atoms with Gasteiger partial charge in [-0.15, -0.1) is 0 Å². The van der Waals surface area contributed by atoms with E-state index in [1.54, 1.807) is 0 Å². The van der Waals surface area contributed by atoms with Crippen molar-refractivity contribution < 1.29 is 0 Å². The molecule has 0 spiro atoms. The molecule has 0 aliphatic rings. The molecule has 0 aromatic heterocycles. The lowest BCUT2D eigenvalue weighted by Crippen LogP contribution is -2.10. The summed E-state index contributed by atoms with van der Waals surface area (Å²) in [5, 5.41) is 0. The van der Waals surface area contributed by atoms with Gasteiger partial charge in [0.25, 0.3) is 0 Å². The van der Waals surface area contributed by atoms with Gasteiger partial charge in [0.05, 0.1) is 0 Å². The van der Waals surface area contributed by atoms with Gasteiger partial charge in [0.1, 0.15) is 0 Å². The van der Waals surface area contributed by atoms with Crippen molar-refractivity contribution in [1.29, 1.82) is 0 Å². The Morgan fingerprint density at radius 1 is 0.111 bits per heavy atom. The van der Waals surface area contributed by atoms with Gasteiger partial charge < -0.3 is 14.7 Å². The molecule has 0 saturated heterocycles. The van der Waals surface area contributed by atoms with Crippen LogP contribution in [0.3, 0.4) is 0 Å². The normalized spacial score (nSPS) is 11.0. The van der Waals surface area contributed by atoms with Crippen LogP contribution in [0.2, 0.25) is 0 Å². The first-order valence-electron chi connectivity index (χ1n) is 27.6. The van der Waals surface area contributed by atoms with Crippen molar-refractivity contribution in [3.8, 4) is 66.8 Å². The summed E-state index contributed by atoms with van der Waals surface area (Å²) in [7, 11) is 0. The van der Waals surface area contributed by atoms with E-state index in [2.05, 4.69) is 360 Å². The van der Waals surface area contributed by atoms with Gasteiger partial charge >= 0.3 is 0 Å². The predicted octanol–water partition coefficient (Wildman–Crippen LogP) is 22.1. The van der Waals surface area contributed by atoms with Crippen LogP contribution in [-0.2, 0) is 0 Å². The maximum absolute atomic E-state index is 2.35. The van der Waals surface area contributed by atoms with Crippen LogP contribution in [0, 0.1) is 0 Å². The molecule has 13 aromatic carbocycles. The van der Waals surface area contributed by atoms with E-state index in [0.29, 0.717) is 0 Å². The van der Waals surface area contributed by atoms with Crippen molar-refractivity contribution in [3.05, 3.63) is 346 Å². The summed E-state index contributed by atoms with van der Waals surface area (Å²) < 4.78 is 0. The van der Waals surface area contributed by atoms with E-state index in [4.69, 9.17) is 0 Å². The first-order chi connectivity index (χ1) is 40.1. The maximum Gasteiger partial charge on any atom is 0.0467 e. The lowest BCUT2D eigenvalue weighted by molar-refractivity contribution is 1.28. The Morgan fingerprint density at radius 3 is 0.519 bits per heavy atom. The zero-order valence-corrected chi connectivity index (χ0v) is 44.8. The molecule has 0 bridgehead atoms. The first-order valence-corrected chi connectivity index (χ1v) is 27.6. The van der Waals surface area contributed by atoms with Gasteiger partial charge in [0.2, 0.25) is 0 Å². The largest absolute Gasteiger partial charge is 0.311 e. The summed E-state index contributed by atoms with van der Waals surface area (Å²) >= 11 is 0.